The maximum absolute atomic E-state index is 14.1. The van der Waals surface area contributed by atoms with E-state index >= 15 is 0 Å². The highest BCUT2D eigenvalue weighted by Crippen LogP contribution is 2.30. The van der Waals surface area contributed by atoms with Gasteiger partial charge in [-0.2, -0.15) is 30.7 Å². The predicted molar refractivity (Wildman–Crippen MR) is 121 cm³/mol. The predicted octanol–water partition coefficient (Wildman–Crippen LogP) is 4.61. The Morgan fingerprint density at radius 3 is 2.47 bits per heavy atom. The van der Waals surface area contributed by atoms with E-state index in [0.717, 1.165) is 22.6 Å². The first-order valence-electron chi connectivity index (χ1n) is 10.8. The van der Waals surface area contributed by atoms with E-state index in [9.17, 15) is 35.5 Å². The number of nitrogens with zero attached hydrogens (tertiary/aromatic N) is 5. The zero-order valence-electron chi connectivity index (χ0n) is 19.3. The fraction of sp³-hybridized carbons (Fsp3) is 0.381. The van der Waals surface area contributed by atoms with Crippen LogP contribution in [0.3, 0.4) is 0 Å². The fourth-order valence-electron chi connectivity index (χ4n) is 3.55. The molecule has 4 heterocycles. The minimum atomic E-state index is -4.65. The van der Waals surface area contributed by atoms with Gasteiger partial charge in [0.2, 0.25) is 5.88 Å². The number of halogens is 7. The zero-order valence-corrected chi connectivity index (χ0v) is 20.1. The Labute approximate surface area is 214 Å². The normalized spacial score (nSPS) is 18.4. The third-order valence-electron chi connectivity index (χ3n) is 5.22. The maximum atomic E-state index is 14.1. The molecular formula is C21H18F7N7O2S. The number of nitrogens with one attached hydrogen (secondary N) is 2. The van der Waals surface area contributed by atoms with Gasteiger partial charge in [0, 0.05) is 19.2 Å². The first-order chi connectivity index (χ1) is 17.8. The standard InChI is InChI=1S/C21H18F7N7O2S/c1-10-17(19(38-34-10)33-15-6-29-14(5-30-15)21(26,27)28)18(36)32-11-2-3-16(31-4-11)37-13-8-35(7-12(13)22)9-20(23,24)25/h2-6,12-13H,7-9H2,1H3,(H,30,33)(H,32,36). The molecule has 1 fully saturated rings. The molecule has 2 unspecified atom stereocenters. The number of pyridine rings is 1. The summed E-state index contributed by atoms with van der Waals surface area (Å²) in [6.45, 7) is -0.364. The Bertz CT molecular complexity index is 1270. The van der Waals surface area contributed by atoms with Crippen LogP contribution in [0.15, 0.2) is 30.7 Å². The van der Waals surface area contributed by atoms with Gasteiger partial charge in [0.15, 0.2) is 11.9 Å². The van der Waals surface area contributed by atoms with Crippen molar-refractivity contribution in [1.82, 2.24) is 24.2 Å². The van der Waals surface area contributed by atoms with Crippen molar-refractivity contribution in [3.05, 3.63) is 47.7 Å². The molecule has 1 amide bonds. The van der Waals surface area contributed by atoms with Gasteiger partial charge in [0.05, 0.1) is 42.1 Å². The molecule has 3 aromatic heterocycles. The molecule has 9 nitrogen and oxygen atoms in total. The molecule has 2 N–H and O–H groups in total. The van der Waals surface area contributed by atoms with Crippen molar-refractivity contribution in [2.75, 3.05) is 30.3 Å². The van der Waals surface area contributed by atoms with Crippen molar-refractivity contribution < 1.29 is 40.3 Å². The molecule has 38 heavy (non-hydrogen) atoms. The van der Waals surface area contributed by atoms with Gasteiger partial charge in [0.1, 0.15) is 16.9 Å². The van der Waals surface area contributed by atoms with Crippen LogP contribution in [0.2, 0.25) is 0 Å². The summed E-state index contributed by atoms with van der Waals surface area (Å²) in [5.41, 5.74) is -0.514. The molecule has 0 aromatic carbocycles. The Kier molecular flexibility index (Phi) is 7.68. The van der Waals surface area contributed by atoms with Crippen LogP contribution in [0, 0.1) is 6.92 Å². The molecule has 0 spiro atoms. The molecule has 1 saturated heterocycles. The average molecular weight is 565 g/mol. The summed E-state index contributed by atoms with van der Waals surface area (Å²) >= 11 is 0.886. The number of likely N-dealkylation sites (tertiary alicyclic amines) is 1. The molecule has 4 rings (SSSR count). The SMILES string of the molecule is Cc1nsc(Nc2cnc(C(F)(F)F)cn2)c1C(=O)Nc1ccc(OC2CN(CC(F)(F)F)CC2F)nc1. The number of rotatable bonds is 7. The summed E-state index contributed by atoms with van der Waals surface area (Å²) in [6, 6.07) is 2.73. The highest BCUT2D eigenvalue weighted by molar-refractivity contribution is 7.10. The number of carbonyl (C=O) groups is 1. The van der Waals surface area contributed by atoms with Crippen LogP contribution >= 0.6 is 11.5 Å². The molecule has 3 aromatic rings. The minimum absolute atomic E-state index is 0.0363. The minimum Gasteiger partial charge on any atom is -0.470 e. The van der Waals surface area contributed by atoms with Crippen LogP contribution < -0.4 is 15.4 Å². The fourth-order valence-corrected chi connectivity index (χ4v) is 4.35. The second-order valence-corrected chi connectivity index (χ2v) is 8.98. The van der Waals surface area contributed by atoms with E-state index in [0.29, 0.717) is 11.9 Å². The molecule has 0 saturated carbocycles. The molecular weight excluding hydrogens is 547 g/mol. The average Bonchev–Trinajstić information content (AvgIpc) is 3.34. The van der Waals surface area contributed by atoms with Crippen LogP contribution in [-0.2, 0) is 6.18 Å². The van der Waals surface area contributed by atoms with Crippen LogP contribution in [0.5, 0.6) is 5.88 Å². The van der Waals surface area contributed by atoms with Gasteiger partial charge in [-0.05, 0) is 24.5 Å². The summed E-state index contributed by atoms with van der Waals surface area (Å²) in [5.74, 6) is -0.691. The second kappa shape index (κ2) is 10.6. The first-order valence-corrected chi connectivity index (χ1v) is 11.6. The van der Waals surface area contributed by atoms with Crippen molar-refractivity contribution in [3.63, 3.8) is 0 Å². The zero-order chi connectivity index (χ0) is 27.7. The van der Waals surface area contributed by atoms with E-state index in [1.165, 1.54) is 18.3 Å². The lowest BCUT2D eigenvalue weighted by atomic mass is 10.2. The van der Waals surface area contributed by atoms with E-state index in [1.54, 1.807) is 6.92 Å². The van der Waals surface area contributed by atoms with Gasteiger partial charge in [-0.15, -0.1) is 0 Å². The molecule has 1 aliphatic heterocycles. The largest absolute Gasteiger partial charge is 0.470 e. The highest BCUT2D eigenvalue weighted by atomic mass is 32.1. The van der Waals surface area contributed by atoms with E-state index < -0.39 is 49.3 Å². The number of aryl methyl sites for hydroxylation is 1. The van der Waals surface area contributed by atoms with Crippen LogP contribution in [0.25, 0.3) is 0 Å². The highest BCUT2D eigenvalue weighted by Gasteiger charge is 2.40. The van der Waals surface area contributed by atoms with Crippen molar-refractivity contribution in [3.8, 4) is 5.88 Å². The van der Waals surface area contributed by atoms with Gasteiger partial charge >= 0.3 is 12.4 Å². The number of carbonyl (C=O) groups excluding carboxylic acids is 1. The van der Waals surface area contributed by atoms with Gasteiger partial charge in [-0.25, -0.2) is 19.3 Å². The third kappa shape index (κ3) is 6.83. The van der Waals surface area contributed by atoms with Crippen LogP contribution in [0.4, 0.5) is 47.2 Å². The lowest BCUT2D eigenvalue weighted by Gasteiger charge is -2.17. The lowest BCUT2D eigenvalue weighted by molar-refractivity contribution is -0.144. The van der Waals surface area contributed by atoms with E-state index in [1.807, 2.05) is 0 Å². The Morgan fingerprint density at radius 1 is 1.11 bits per heavy atom. The molecule has 0 bridgehead atoms. The number of hydrogen-bond donors (Lipinski definition) is 2. The summed E-state index contributed by atoms with van der Waals surface area (Å²) in [5, 5.41) is 5.51. The molecule has 0 aliphatic carbocycles. The number of ether oxygens (including phenoxy) is 1. The van der Waals surface area contributed by atoms with Crippen molar-refractivity contribution in [2.45, 2.75) is 31.6 Å². The smallest absolute Gasteiger partial charge is 0.434 e. The first kappa shape index (κ1) is 27.4. The molecule has 204 valence electrons. The topological polar surface area (TPSA) is 105 Å². The Hall–Kier alpha value is -3.60. The maximum Gasteiger partial charge on any atom is 0.434 e. The summed E-state index contributed by atoms with van der Waals surface area (Å²) in [7, 11) is 0. The summed E-state index contributed by atoms with van der Waals surface area (Å²) in [4.78, 5) is 24.7. The number of anilines is 3. The molecule has 1 aliphatic rings. The van der Waals surface area contributed by atoms with E-state index in [2.05, 4.69) is 30.0 Å². The molecule has 2 atom stereocenters. The van der Waals surface area contributed by atoms with Crippen LogP contribution in [0.1, 0.15) is 21.7 Å². The van der Waals surface area contributed by atoms with Gasteiger partial charge in [-0.1, -0.05) is 0 Å². The Morgan fingerprint density at radius 2 is 1.87 bits per heavy atom. The third-order valence-corrected chi connectivity index (χ3v) is 6.07. The second-order valence-electron chi connectivity index (χ2n) is 8.20. The summed E-state index contributed by atoms with van der Waals surface area (Å²) in [6.07, 6.45) is -9.23. The van der Waals surface area contributed by atoms with Crippen molar-refractivity contribution in [2.24, 2.45) is 0 Å². The monoisotopic (exact) mass is 565 g/mol. The van der Waals surface area contributed by atoms with Gasteiger partial charge < -0.3 is 15.4 Å². The van der Waals surface area contributed by atoms with Gasteiger partial charge in [0.25, 0.3) is 5.91 Å². The van der Waals surface area contributed by atoms with Crippen molar-refractivity contribution in [1.29, 1.82) is 0 Å². The molecule has 0 radical (unpaired) electrons. The van der Waals surface area contributed by atoms with Gasteiger partial charge in [-0.3, -0.25) is 9.69 Å². The Balaban J connectivity index is 1.38. The number of aromatic nitrogens is 4. The quantitative estimate of drug-likeness (QED) is 0.400. The van der Waals surface area contributed by atoms with Crippen LogP contribution in [-0.4, -0.2) is 68.2 Å². The van der Waals surface area contributed by atoms with Crippen molar-refractivity contribution >= 4 is 33.9 Å². The summed E-state index contributed by atoms with van der Waals surface area (Å²) < 4.78 is 99.3. The van der Waals surface area contributed by atoms with E-state index in [4.69, 9.17) is 4.74 Å². The lowest BCUT2D eigenvalue weighted by Crippen LogP contribution is -2.33. The van der Waals surface area contributed by atoms with E-state index in [-0.39, 0.29) is 34.5 Å². The number of amides is 1. The molecule has 17 heteroatoms. The number of alkyl halides is 7. The number of hydrogen-bond acceptors (Lipinski definition) is 9.